The third-order valence-electron chi connectivity index (χ3n) is 2.10. The molecule has 0 amide bonds. The highest BCUT2D eigenvalue weighted by Gasteiger charge is 2.22. The molecule has 2 atom stereocenters. The Morgan fingerprint density at radius 2 is 2.38 bits per heavy atom. The summed E-state index contributed by atoms with van der Waals surface area (Å²) < 4.78 is 15.1. The van der Waals surface area contributed by atoms with Gasteiger partial charge in [-0.3, -0.25) is 0 Å². The maximum atomic E-state index is 10.5. The molecule has 1 aromatic heterocycles. The number of nitrogens with zero attached hydrogens (tertiary/aromatic N) is 1. The normalized spacial score (nSPS) is 19.4. The molecular weight excluding hydrogens is 271 g/mol. The lowest BCUT2D eigenvalue weighted by Crippen LogP contribution is -2.16. The number of halogens is 1. The highest BCUT2D eigenvalue weighted by molar-refractivity contribution is 7.99. The van der Waals surface area contributed by atoms with Crippen LogP contribution in [0.5, 0.6) is 5.88 Å². The fourth-order valence-electron chi connectivity index (χ4n) is 1.40. The Bertz CT molecular complexity index is 407. The average molecular weight is 282 g/mol. The van der Waals surface area contributed by atoms with Crippen molar-refractivity contribution in [2.45, 2.75) is 17.5 Å². The Morgan fingerprint density at radius 3 is 3.06 bits per heavy atom. The zero-order chi connectivity index (χ0) is 10.8. The highest BCUT2D eigenvalue weighted by Crippen LogP contribution is 2.35. The molecule has 16 heavy (non-hydrogen) atoms. The van der Waals surface area contributed by atoms with Crippen molar-refractivity contribution in [3.05, 3.63) is 17.7 Å². The first kappa shape index (κ1) is 13.7. The Kier molecular flexibility index (Phi) is 4.95. The van der Waals surface area contributed by atoms with E-state index in [1.807, 2.05) is 0 Å². The molecule has 2 unspecified atom stereocenters. The molecule has 1 aromatic rings. The lowest BCUT2D eigenvalue weighted by molar-refractivity contribution is 0.402. The van der Waals surface area contributed by atoms with E-state index in [0.717, 1.165) is 22.8 Å². The van der Waals surface area contributed by atoms with Crippen LogP contribution in [0.4, 0.5) is 0 Å². The summed E-state index contributed by atoms with van der Waals surface area (Å²) in [6.45, 7) is 0. The van der Waals surface area contributed by atoms with Crippen LogP contribution in [0.15, 0.2) is 17.2 Å². The molecule has 2 heterocycles. The van der Waals surface area contributed by atoms with Crippen LogP contribution in [0.2, 0.25) is 0 Å². The van der Waals surface area contributed by atoms with E-state index in [0.29, 0.717) is 0 Å². The SMILES string of the molecule is Cl.NC1CCSc2nc(O[P+](=O)O)ccc21. The van der Waals surface area contributed by atoms with E-state index in [1.165, 1.54) is 0 Å². The molecule has 0 saturated carbocycles. The van der Waals surface area contributed by atoms with Crippen LogP contribution in [0.25, 0.3) is 0 Å². The molecule has 2 rings (SSSR count). The van der Waals surface area contributed by atoms with Crippen molar-refractivity contribution in [2.75, 3.05) is 5.75 Å². The molecule has 0 bridgehead atoms. The quantitative estimate of drug-likeness (QED) is 0.807. The van der Waals surface area contributed by atoms with Crippen LogP contribution in [0.3, 0.4) is 0 Å². The molecule has 0 aliphatic carbocycles. The fraction of sp³-hybridized carbons (Fsp3) is 0.375. The van der Waals surface area contributed by atoms with Gasteiger partial charge >= 0.3 is 8.25 Å². The van der Waals surface area contributed by atoms with Crippen LogP contribution >= 0.6 is 32.4 Å². The predicted molar refractivity (Wildman–Crippen MR) is 64.2 cm³/mol. The summed E-state index contributed by atoms with van der Waals surface area (Å²) in [5.74, 6) is 1.08. The molecule has 0 saturated heterocycles. The lowest BCUT2D eigenvalue weighted by Gasteiger charge is -2.19. The topological polar surface area (TPSA) is 85.4 Å². The van der Waals surface area contributed by atoms with E-state index in [4.69, 9.17) is 10.6 Å². The van der Waals surface area contributed by atoms with Gasteiger partial charge in [-0.05, 0) is 12.5 Å². The minimum atomic E-state index is -2.65. The molecule has 0 fully saturated rings. The van der Waals surface area contributed by atoms with Gasteiger partial charge in [0, 0.05) is 28.0 Å². The van der Waals surface area contributed by atoms with Gasteiger partial charge in [-0.2, -0.15) is 0 Å². The number of rotatable bonds is 2. The van der Waals surface area contributed by atoms with Crippen LogP contribution < -0.4 is 10.3 Å². The van der Waals surface area contributed by atoms with Crippen molar-refractivity contribution in [3.63, 3.8) is 0 Å². The molecule has 5 nitrogen and oxygen atoms in total. The van der Waals surface area contributed by atoms with Crippen LogP contribution in [-0.2, 0) is 4.57 Å². The predicted octanol–water partition coefficient (Wildman–Crippen LogP) is 2.03. The van der Waals surface area contributed by atoms with Gasteiger partial charge in [0.1, 0.15) is 5.03 Å². The summed E-state index contributed by atoms with van der Waals surface area (Å²) in [4.78, 5) is 12.7. The maximum absolute atomic E-state index is 10.5. The average Bonchev–Trinajstić information content (AvgIpc) is 2.17. The van der Waals surface area contributed by atoms with E-state index < -0.39 is 8.25 Å². The first-order valence-electron chi connectivity index (χ1n) is 4.40. The minimum absolute atomic E-state index is 0. The molecule has 8 heteroatoms. The van der Waals surface area contributed by atoms with E-state index >= 15 is 0 Å². The zero-order valence-corrected chi connectivity index (χ0v) is 10.7. The van der Waals surface area contributed by atoms with Crippen LogP contribution in [0, 0.1) is 0 Å². The first-order chi connectivity index (χ1) is 7.16. The number of fused-ring (bicyclic) bond motifs is 1. The Balaban J connectivity index is 0.00000128. The third kappa shape index (κ3) is 3.06. The molecule has 0 spiro atoms. The summed E-state index contributed by atoms with van der Waals surface area (Å²) in [6.07, 6.45) is 0.924. The number of thioether (sulfide) groups is 1. The molecular formula is C8H11ClN2O3PS+. The van der Waals surface area contributed by atoms with Gasteiger partial charge in [-0.1, -0.05) is 0 Å². The molecule has 0 aromatic carbocycles. The van der Waals surface area contributed by atoms with Crippen LogP contribution in [0.1, 0.15) is 18.0 Å². The molecule has 3 N–H and O–H groups in total. The maximum Gasteiger partial charge on any atom is 0.749 e. The number of pyridine rings is 1. The van der Waals surface area contributed by atoms with Gasteiger partial charge in [0.2, 0.25) is 0 Å². The Morgan fingerprint density at radius 1 is 1.62 bits per heavy atom. The zero-order valence-electron chi connectivity index (χ0n) is 8.20. The van der Waals surface area contributed by atoms with E-state index in [9.17, 15) is 4.57 Å². The summed E-state index contributed by atoms with van der Waals surface area (Å²) in [5, 5.41) is 0.795. The monoisotopic (exact) mass is 281 g/mol. The third-order valence-corrected chi connectivity index (χ3v) is 3.49. The van der Waals surface area contributed by atoms with E-state index in [2.05, 4.69) is 9.51 Å². The highest BCUT2D eigenvalue weighted by atomic mass is 35.5. The van der Waals surface area contributed by atoms with Crippen molar-refractivity contribution >= 4 is 32.4 Å². The van der Waals surface area contributed by atoms with Gasteiger partial charge in [0.05, 0.1) is 0 Å². The second kappa shape index (κ2) is 5.80. The van der Waals surface area contributed by atoms with Gasteiger partial charge in [0.15, 0.2) is 0 Å². The summed E-state index contributed by atoms with van der Waals surface area (Å²) in [7, 11) is -2.65. The van der Waals surface area contributed by atoms with E-state index in [1.54, 1.807) is 23.9 Å². The molecule has 88 valence electrons. The standard InChI is InChI=1S/C8H9N2O3PS.ClH/c9-6-3-4-15-8-5(6)1-2-7(10-8)13-14(11)12;/h1-2,6H,3-4,9H2;1H/p+1. The Labute approximate surface area is 104 Å². The van der Waals surface area contributed by atoms with Crippen molar-refractivity contribution in [2.24, 2.45) is 5.73 Å². The summed E-state index contributed by atoms with van der Waals surface area (Å²) in [5.41, 5.74) is 6.87. The fourth-order valence-corrected chi connectivity index (χ4v) is 2.77. The van der Waals surface area contributed by atoms with Crippen molar-refractivity contribution in [1.29, 1.82) is 0 Å². The van der Waals surface area contributed by atoms with Crippen molar-refractivity contribution < 1.29 is 14.0 Å². The second-order valence-electron chi connectivity index (χ2n) is 3.12. The Hall–Kier alpha value is -0.390. The van der Waals surface area contributed by atoms with Gasteiger partial charge in [-0.15, -0.1) is 29.1 Å². The molecule has 1 aliphatic heterocycles. The van der Waals surface area contributed by atoms with Gasteiger partial charge in [0.25, 0.3) is 5.88 Å². The van der Waals surface area contributed by atoms with Crippen molar-refractivity contribution in [3.8, 4) is 5.88 Å². The first-order valence-corrected chi connectivity index (χ1v) is 6.52. The molecule has 1 aliphatic rings. The smallest absolute Gasteiger partial charge is 0.324 e. The van der Waals surface area contributed by atoms with Gasteiger partial charge in [-0.25, -0.2) is 9.51 Å². The van der Waals surface area contributed by atoms with Crippen LogP contribution in [-0.4, -0.2) is 15.6 Å². The summed E-state index contributed by atoms with van der Waals surface area (Å²) in [6, 6.07) is 3.37. The largest absolute Gasteiger partial charge is 0.749 e. The molecule has 0 radical (unpaired) electrons. The second-order valence-corrected chi connectivity index (χ2v) is 4.86. The van der Waals surface area contributed by atoms with E-state index in [-0.39, 0.29) is 24.3 Å². The number of hydrogen-bond donors (Lipinski definition) is 2. The number of hydrogen-bond acceptors (Lipinski definition) is 5. The lowest BCUT2D eigenvalue weighted by atomic mass is 10.1. The van der Waals surface area contributed by atoms with Crippen molar-refractivity contribution in [1.82, 2.24) is 4.98 Å². The number of nitrogens with two attached hydrogens (primary N) is 1. The summed E-state index contributed by atoms with van der Waals surface area (Å²) >= 11 is 1.59. The van der Waals surface area contributed by atoms with Gasteiger partial charge < -0.3 is 5.73 Å². The minimum Gasteiger partial charge on any atom is -0.324 e. The number of aromatic nitrogens is 1.